The summed E-state index contributed by atoms with van der Waals surface area (Å²) in [5.74, 6) is 0.894. The third kappa shape index (κ3) is 3.01. The Balaban J connectivity index is 1.47. The highest BCUT2D eigenvalue weighted by Gasteiger charge is 2.32. The lowest BCUT2D eigenvalue weighted by Gasteiger charge is -2.22. The van der Waals surface area contributed by atoms with Gasteiger partial charge in [-0.1, -0.05) is 11.2 Å². The fraction of sp³-hybridized carbons (Fsp3) is 0.353. The summed E-state index contributed by atoms with van der Waals surface area (Å²) in [7, 11) is 0. The van der Waals surface area contributed by atoms with Gasteiger partial charge in [-0.3, -0.25) is 4.79 Å². The third-order valence-electron chi connectivity index (χ3n) is 4.16. The van der Waals surface area contributed by atoms with Crippen molar-refractivity contribution in [3.05, 3.63) is 46.1 Å². The monoisotopic (exact) mass is 359 g/mol. The van der Waals surface area contributed by atoms with Crippen molar-refractivity contribution in [3.63, 3.8) is 0 Å². The van der Waals surface area contributed by atoms with Gasteiger partial charge in [0.05, 0.1) is 28.7 Å². The fourth-order valence-electron chi connectivity index (χ4n) is 3.06. The van der Waals surface area contributed by atoms with Crippen LogP contribution in [0.25, 0.3) is 9.88 Å². The van der Waals surface area contributed by atoms with E-state index >= 15 is 0 Å². The predicted molar refractivity (Wildman–Crippen MR) is 94.1 cm³/mol. The van der Waals surface area contributed by atoms with Crippen LogP contribution in [0, 0.1) is 6.92 Å². The Morgan fingerprint density at radius 1 is 1.46 bits per heavy atom. The van der Waals surface area contributed by atoms with Gasteiger partial charge >= 0.3 is 0 Å². The average Bonchev–Trinajstić information content (AvgIpc) is 3.34. The number of aromatic nitrogens is 2. The molecule has 3 aromatic heterocycles. The highest BCUT2D eigenvalue weighted by Crippen LogP contribution is 2.33. The number of carbonyl (C=O) groups is 1. The number of nitrogens with zero attached hydrogens (tertiary/aromatic N) is 3. The summed E-state index contributed by atoms with van der Waals surface area (Å²) in [6.07, 6.45) is 2.26. The zero-order valence-electron chi connectivity index (χ0n) is 13.3. The first-order valence-electron chi connectivity index (χ1n) is 7.91. The molecule has 1 aliphatic rings. The van der Waals surface area contributed by atoms with Crippen LogP contribution in [0.15, 0.2) is 33.5 Å². The number of hydrogen-bond acceptors (Lipinski definition) is 6. The van der Waals surface area contributed by atoms with Gasteiger partial charge in [0.2, 0.25) is 5.91 Å². The second-order valence-corrected chi connectivity index (χ2v) is 7.72. The number of thiophene rings is 1. The smallest absolute Gasteiger partial charge is 0.229 e. The molecule has 7 heteroatoms. The molecule has 0 N–H and O–H groups in total. The van der Waals surface area contributed by atoms with Crippen molar-refractivity contribution in [3.8, 4) is 9.88 Å². The minimum absolute atomic E-state index is 0.00843. The van der Waals surface area contributed by atoms with E-state index in [4.69, 9.17) is 4.52 Å². The van der Waals surface area contributed by atoms with E-state index in [1.807, 2.05) is 34.7 Å². The molecule has 0 aromatic carbocycles. The highest BCUT2D eigenvalue weighted by atomic mass is 32.1. The van der Waals surface area contributed by atoms with Crippen LogP contribution in [0.3, 0.4) is 0 Å². The van der Waals surface area contributed by atoms with Crippen LogP contribution in [0.1, 0.15) is 36.0 Å². The molecule has 1 fully saturated rings. The minimum atomic E-state index is 0.00843. The first kappa shape index (κ1) is 15.5. The molecule has 0 radical (unpaired) electrons. The normalized spacial score (nSPS) is 17.5. The van der Waals surface area contributed by atoms with E-state index in [-0.39, 0.29) is 11.9 Å². The van der Waals surface area contributed by atoms with Gasteiger partial charge in [0.25, 0.3) is 0 Å². The molecule has 0 bridgehead atoms. The van der Waals surface area contributed by atoms with Gasteiger partial charge in [0, 0.05) is 18.0 Å². The molecule has 1 amide bonds. The van der Waals surface area contributed by atoms with Gasteiger partial charge in [0.15, 0.2) is 5.76 Å². The van der Waals surface area contributed by atoms with Crippen molar-refractivity contribution >= 4 is 28.6 Å². The Morgan fingerprint density at radius 3 is 3.12 bits per heavy atom. The maximum Gasteiger partial charge on any atom is 0.229 e. The lowest BCUT2D eigenvalue weighted by Crippen LogP contribution is -2.31. The molecule has 3 aromatic rings. The molecular weight excluding hydrogens is 342 g/mol. The number of amides is 1. The maximum atomic E-state index is 12.7. The van der Waals surface area contributed by atoms with Gasteiger partial charge in [-0.05, 0) is 31.2 Å². The zero-order valence-corrected chi connectivity index (χ0v) is 14.9. The molecule has 0 aliphatic carbocycles. The van der Waals surface area contributed by atoms with E-state index in [2.05, 4.69) is 16.2 Å². The molecule has 1 atom stereocenters. The van der Waals surface area contributed by atoms with E-state index < -0.39 is 0 Å². The van der Waals surface area contributed by atoms with Gasteiger partial charge in [-0.25, -0.2) is 4.98 Å². The molecule has 0 saturated carbocycles. The topological polar surface area (TPSA) is 59.2 Å². The number of aryl methyl sites for hydroxylation is 1. The van der Waals surface area contributed by atoms with Crippen LogP contribution in [-0.4, -0.2) is 27.5 Å². The molecular formula is C17H17N3O2S2. The van der Waals surface area contributed by atoms with Crippen molar-refractivity contribution in [2.45, 2.75) is 32.2 Å². The molecule has 124 valence electrons. The number of carbonyl (C=O) groups excluding carboxylic acids is 1. The van der Waals surface area contributed by atoms with Crippen LogP contribution in [0.2, 0.25) is 0 Å². The SMILES string of the molecule is Cc1cc([C@H]2CCCN2C(=O)Cc2csc(-c3cccs3)n2)on1. The van der Waals surface area contributed by atoms with Crippen molar-refractivity contribution in [2.75, 3.05) is 6.54 Å². The summed E-state index contributed by atoms with van der Waals surface area (Å²) in [6, 6.07) is 6.00. The average molecular weight is 359 g/mol. The van der Waals surface area contributed by atoms with Crippen LogP contribution in [0.5, 0.6) is 0 Å². The fourth-order valence-corrected chi connectivity index (χ4v) is 4.69. The van der Waals surface area contributed by atoms with Crippen molar-refractivity contribution in [1.29, 1.82) is 0 Å². The zero-order chi connectivity index (χ0) is 16.5. The molecule has 1 aliphatic heterocycles. The molecule has 1 saturated heterocycles. The quantitative estimate of drug-likeness (QED) is 0.704. The number of likely N-dealkylation sites (tertiary alicyclic amines) is 1. The Hall–Kier alpha value is -1.99. The Labute approximate surface area is 147 Å². The highest BCUT2D eigenvalue weighted by molar-refractivity contribution is 7.20. The minimum Gasteiger partial charge on any atom is -0.359 e. The summed E-state index contributed by atoms with van der Waals surface area (Å²) in [5, 5.41) is 8.95. The molecule has 4 rings (SSSR count). The summed E-state index contributed by atoms with van der Waals surface area (Å²) >= 11 is 3.26. The van der Waals surface area contributed by atoms with Gasteiger partial charge in [-0.2, -0.15) is 0 Å². The number of rotatable bonds is 4. The van der Waals surface area contributed by atoms with Gasteiger partial charge in [0.1, 0.15) is 5.01 Å². The van der Waals surface area contributed by atoms with E-state index in [0.29, 0.717) is 6.42 Å². The predicted octanol–water partition coefficient (Wildman–Crippen LogP) is 4.07. The summed E-state index contributed by atoms with van der Waals surface area (Å²) in [6.45, 7) is 2.67. The Morgan fingerprint density at radius 2 is 2.38 bits per heavy atom. The molecule has 0 unspecified atom stereocenters. The second-order valence-electron chi connectivity index (χ2n) is 5.91. The van der Waals surface area contributed by atoms with Crippen molar-refractivity contribution in [1.82, 2.24) is 15.0 Å². The summed E-state index contributed by atoms with van der Waals surface area (Å²) < 4.78 is 5.38. The van der Waals surface area contributed by atoms with E-state index in [9.17, 15) is 4.79 Å². The molecule has 5 nitrogen and oxygen atoms in total. The second kappa shape index (κ2) is 6.49. The maximum absolute atomic E-state index is 12.7. The molecule has 0 spiro atoms. The summed E-state index contributed by atoms with van der Waals surface area (Å²) in [5.41, 5.74) is 1.69. The van der Waals surface area contributed by atoms with Crippen LogP contribution in [-0.2, 0) is 11.2 Å². The van der Waals surface area contributed by atoms with Gasteiger partial charge < -0.3 is 9.42 Å². The summed E-state index contributed by atoms with van der Waals surface area (Å²) in [4.78, 5) is 20.4. The standard InChI is InChI=1S/C17H17N3O2S2/c1-11-8-14(22-19-11)13-4-2-6-20(13)16(21)9-12-10-24-17(18-12)15-5-3-7-23-15/h3,5,7-8,10,13H,2,4,6,9H2,1H3/t13-/m1/s1. The van der Waals surface area contributed by atoms with Crippen molar-refractivity contribution in [2.24, 2.45) is 0 Å². The van der Waals surface area contributed by atoms with Gasteiger partial charge in [-0.15, -0.1) is 22.7 Å². The molecule has 24 heavy (non-hydrogen) atoms. The Kier molecular flexibility index (Phi) is 4.20. The number of thiazole rings is 1. The van der Waals surface area contributed by atoms with Crippen molar-refractivity contribution < 1.29 is 9.32 Å². The third-order valence-corrected chi connectivity index (χ3v) is 6.09. The largest absolute Gasteiger partial charge is 0.359 e. The van der Waals surface area contributed by atoms with Crippen LogP contribution >= 0.6 is 22.7 Å². The lowest BCUT2D eigenvalue weighted by molar-refractivity contribution is -0.131. The van der Waals surface area contributed by atoms with E-state index in [0.717, 1.165) is 46.4 Å². The first-order valence-corrected chi connectivity index (χ1v) is 9.67. The molecule has 4 heterocycles. The van der Waals surface area contributed by atoms with Crippen LogP contribution in [0.4, 0.5) is 0 Å². The van der Waals surface area contributed by atoms with E-state index in [1.54, 1.807) is 22.7 Å². The number of hydrogen-bond donors (Lipinski definition) is 0. The first-order chi connectivity index (χ1) is 11.7. The van der Waals surface area contributed by atoms with E-state index in [1.165, 1.54) is 0 Å². The Bertz CT molecular complexity index is 838. The lowest BCUT2D eigenvalue weighted by atomic mass is 10.1. The van der Waals surface area contributed by atoms with Crippen LogP contribution < -0.4 is 0 Å².